The lowest BCUT2D eigenvalue weighted by Crippen LogP contribution is -2.25. The maximum Gasteiger partial charge on any atom is 0.305 e. The number of Topliss-reactive ketones (excluding diaryl/α,β-unsaturated/α-hetero) is 1. The Kier molecular flexibility index (Phi) is 6.65. The SMILES string of the molecule is Cc1cc(F)c(N)c(C(=O)CCc2ccc(C(=O)NCCC(=O)O)cc2)c1. The third-order valence-corrected chi connectivity index (χ3v) is 4.06. The number of hydrogen-bond acceptors (Lipinski definition) is 4. The number of rotatable bonds is 8. The summed E-state index contributed by atoms with van der Waals surface area (Å²) in [6.45, 7) is 1.75. The van der Waals surface area contributed by atoms with Crippen molar-refractivity contribution in [2.24, 2.45) is 0 Å². The minimum absolute atomic E-state index is 0.0545. The summed E-state index contributed by atoms with van der Waals surface area (Å²) >= 11 is 0. The third-order valence-electron chi connectivity index (χ3n) is 4.06. The highest BCUT2D eigenvalue weighted by Gasteiger charge is 2.14. The molecule has 1 amide bonds. The second-order valence-corrected chi connectivity index (χ2v) is 6.23. The van der Waals surface area contributed by atoms with Crippen LogP contribution in [0.15, 0.2) is 36.4 Å². The molecule has 0 fully saturated rings. The maximum absolute atomic E-state index is 13.7. The molecular weight excluding hydrogens is 351 g/mol. The van der Waals surface area contributed by atoms with E-state index >= 15 is 0 Å². The first-order chi connectivity index (χ1) is 12.8. The second-order valence-electron chi connectivity index (χ2n) is 6.23. The molecule has 0 atom stereocenters. The van der Waals surface area contributed by atoms with Crippen molar-refractivity contribution in [3.05, 3.63) is 64.5 Å². The highest BCUT2D eigenvalue weighted by molar-refractivity contribution is 6.01. The first-order valence-electron chi connectivity index (χ1n) is 8.45. The van der Waals surface area contributed by atoms with Gasteiger partial charge in [-0.25, -0.2) is 4.39 Å². The Morgan fingerprint density at radius 3 is 2.41 bits per heavy atom. The van der Waals surface area contributed by atoms with Crippen LogP contribution in [0.1, 0.15) is 44.7 Å². The van der Waals surface area contributed by atoms with E-state index in [1.807, 2.05) is 0 Å². The van der Waals surface area contributed by atoms with Crippen molar-refractivity contribution in [3.63, 3.8) is 0 Å². The zero-order valence-corrected chi connectivity index (χ0v) is 14.9. The average molecular weight is 372 g/mol. The minimum atomic E-state index is -0.982. The van der Waals surface area contributed by atoms with Crippen molar-refractivity contribution in [2.75, 3.05) is 12.3 Å². The monoisotopic (exact) mass is 372 g/mol. The summed E-state index contributed by atoms with van der Waals surface area (Å²) in [5.41, 5.74) is 7.57. The van der Waals surface area contributed by atoms with E-state index in [1.165, 1.54) is 6.07 Å². The summed E-state index contributed by atoms with van der Waals surface area (Å²) in [6.07, 6.45) is 0.445. The van der Waals surface area contributed by atoms with Crippen molar-refractivity contribution in [3.8, 4) is 0 Å². The molecule has 0 heterocycles. The molecule has 0 aliphatic carbocycles. The number of anilines is 1. The summed E-state index contributed by atoms with van der Waals surface area (Å²) in [7, 11) is 0. The largest absolute Gasteiger partial charge is 0.481 e. The van der Waals surface area contributed by atoms with Crippen LogP contribution in [0, 0.1) is 12.7 Å². The van der Waals surface area contributed by atoms with Crippen LogP contribution < -0.4 is 11.1 Å². The number of hydrogen-bond donors (Lipinski definition) is 3. The standard InChI is InChI=1S/C20H21FN2O4/c1-12-10-15(19(22)16(21)11-12)17(24)7-4-13-2-5-14(6-3-13)20(27)23-9-8-18(25)26/h2-3,5-6,10-11H,4,7-9,22H2,1H3,(H,23,27)(H,25,26). The Bertz CT molecular complexity index is 863. The molecule has 0 bridgehead atoms. The molecule has 0 saturated carbocycles. The number of carboxylic acids is 1. The first-order valence-corrected chi connectivity index (χ1v) is 8.45. The molecule has 4 N–H and O–H groups in total. The van der Waals surface area contributed by atoms with Crippen LogP contribution >= 0.6 is 0 Å². The Balaban J connectivity index is 1.94. The number of aliphatic carboxylic acids is 1. The summed E-state index contributed by atoms with van der Waals surface area (Å²) in [5.74, 6) is -2.19. The molecule has 0 radical (unpaired) electrons. The van der Waals surface area contributed by atoms with Gasteiger partial charge in [-0.15, -0.1) is 0 Å². The van der Waals surface area contributed by atoms with Crippen LogP contribution in [0.25, 0.3) is 0 Å². The Morgan fingerprint density at radius 2 is 1.78 bits per heavy atom. The number of carbonyl (C=O) groups excluding carboxylic acids is 2. The van der Waals surface area contributed by atoms with Gasteiger partial charge >= 0.3 is 5.97 Å². The molecule has 0 spiro atoms. The molecule has 0 aliphatic rings. The number of carbonyl (C=O) groups is 3. The van der Waals surface area contributed by atoms with Crippen molar-refractivity contribution < 1.29 is 23.9 Å². The van der Waals surface area contributed by atoms with Crippen LogP contribution in [-0.2, 0) is 11.2 Å². The van der Waals surface area contributed by atoms with Crippen molar-refractivity contribution in [1.29, 1.82) is 0 Å². The summed E-state index contributed by atoms with van der Waals surface area (Å²) < 4.78 is 13.7. The molecule has 6 nitrogen and oxygen atoms in total. The van der Waals surface area contributed by atoms with Gasteiger partial charge in [0.25, 0.3) is 5.91 Å². The highest BCUT2D eigenvalue weighted by Crippen LogP contribution is 2.21. The Hall–Kier alpha value is -3.22. The summed E-state index contributed by atoms with van der Waals surface area (Å²) in [4.78, 5) is 34.7. The smallest absolute Gasteiger partial charge is 0.305 e. The predicted molar refractivity (Wildman–Crippen MR) is 99.2 cm³/mol. The number of benzene rings is 2. The van der Waals surface area contributed by atoms with Crippen LogP contribution in [0.4, 0.5) is 10.1 Å². The predicted octanol–water partition coefficient (Wildman–Crippen LogP) is 2.74. The number of amides is 1. The van der Waals surface area contributed by atoms with Crippen molar-refractivity contribution >= 4 is 23.3 Å². The molecule has 0 aromatic heterocycles. The second kappa shape index (κ2) is 8.93. The fourth-order valence-corrected chi connectivity index (χ4v) is 2.58. The molecule has 0 saturated heterocycles. The fourth-order valence-electron chi connectivity index (χ4n) is 2.58. The van der Waals surface area contributed by atoms with Gasteiger partial charge < -0.3 is 16.2 Å². The topological polar surface area (TPSA) is 109 Å². The van der Waals surface area contributed by atoms with E-state index in [0.717, 1.165) is 5.56 Å². The van der Waals surface area contributed by atoms with Crippen molar-refractivity contribution in [1.82, 2.24) is 5.32 Å². The lowest BCUT2D eigenvalue weighted by molar-refractivity contribution is -0.136. The van der Waals surface area contributed by atoms with E-state index in [-0.39, 0.29) is 42.3 Å². The zero-order valence-electron chi connectivity index (χ0n) is 14.9. The lowest BCUT2D eigenvalue weighted by Gasteiger charge is -2.08. The number of halogens is 1. The van der Waals surface area contributed by atoms with Gasteiger partial charge in [-0.05, 0) is 48.7 Å². The quantitative estimate of drug-likeness (QED) is 0.488. The Labute approximate surface area is 156 Å². The summed E-state index contributed by atoms with van der Waals surface area (Å²) in [5, 5.41) is 11.1. The van der Waals surface area contributed by atoms with E-state index in [0.29, 0.717) is 17.5 Å². The van der Waals surface area contributed by atoms with Gasteiger partial charge in [0.05, 0.1) is 12.1 Å². The number of carboxylic acid groups (broad SMARTS) is 1. The van der Waals surface area contributed by atoms with Gasteiger partial charge in [0, 0.05) is 24.1 Å². The third kappa shape index (κ3) is 5.64. The number of ketones is 1. The van der Waals surface area contributed by atoms with Gasteiger partial charge in [0.15, 0.2) is 5.78 Å². The molecule has 0 unspecified atom stereocenters. The molecule has 7 heteroatoms. The van der Waals surface area contributed by atoms with Crippen LogP contribution in [0.3, 0.4) is 0 Å². The fraction of sp³-hybridized carbons (Fsp3) is 0.250. The molecule has 2 aromatic rings. The van der Waals surface area contributed by atoms with E-state index in [2.05, 4.69) is 5.32 Å². The average Bonchev–Trinajstić information content (AvgIpc) is 2.62. The molecular formula is C20H21FN2O4. The van der Waals surface area contributed by atoms with Gasteiger partial charge in [-0.3, -0.25) is 14.4 Å². The van der Waals surface area contributed by atoms with Crippen molar-refractivity contribution in [2.45, 2.75) is 26.2 Å². The van der Waals surface area contributed by atoms with Gasteiger partial charge in [-0.2, -0.15) is 0 Å². The molecule has 27 heavy (non-hydrogen) atoms. The van der Waals surface area contributed by atoms with E-state index in [9.17, 15) is 18.8 Å². The maximum atomic E-state index is 13.7. The molecule has 2 rings (SSSR count). The first kappa shape index (κ1) is 20.1. The highest BCUT2D eigenvalue weighted by atomic mass is 19.1. The van der Waals surface area contributed by atoms with Crippen LogP contribution in [-0.4, -0.2) is 29.3 Å². The van der Waals surface area contributed by atoms with E-state index in [4.69, 9.17) is 10.8 Å². The lowest BCUT2D eigenvalue weighted by atomic mass is 9.99. The number of aryl methyl sites for hydroxylation is 2. The molecule has 142 valence electrons. The van der Waals surface area contributed by atoms with E-state index < -0.39 is 11.8 Å². The Morgan fingerprint density at radius 1 is 1.11 bits per heavy atom. The van der Waals surface area contributed by atoms with Gasteiger partial charge in [0.2, 0.25) is 0 Å². The van der Waals surface area contributed by atoms with Crippen LogP contribution in [0.5, 0.6) is 0 Å². The van der Waals surface area contributed by atoms with E-state index in [1.54, 1.807) is 37.3 Å². The van der Waals surface area contributed by atoms with Crippen LogP contribution in [0.2, 0.25) is 0 Å². The normalized spacial score (nSPS) is 10.4. The summed E-state index contributed by atoms with van der Waals surface area (Å²) in [6, 6.07) is 9.52. The zero-order chi connectivity index (χ0) is 20.0. The minimum Gasteiger partial charge on any atom is -0.481 e. The van der Waals surface area contributed by atoms with Gasteiger partial charge in [0.1, 0.15) is 5.82 Å². The number of nitrogen functional groups attached to an aromatic ring is 1. The number of nitrogens with one attached hydrogen (secondary N) is 1. The van der Waals surface area contributed by atoms with Gasteiger partial charge in [-0.1, -0.05) is 12.1 Å². The number of nitrogens with two attached hydrogens (primary N) is 1. The molecule has 2 aromatic carbocycles. The molecule has 0 aliphatic heterocycles.